The summed E-state index contributed by atoms with van der Waals surface area (Å²) >= 11 is 23.6. The van der Waals surface area contributed by atoms with Crippen LogP contribution in [0.2, 0.25) is 20.1 Å². The minimum absolute atomic E-state index is 0.0379. The van der Waals surface area contributed by atoms with Crippen molar-refractivity contribution in [3.8, 4) is 0 Å². The molecular formula is C12H6Cl4N2O. The minimum atomic E-state index is 0.0379. The standard InChI is InChI=1S/C12H6Cl4N2O/c13-8-6-9(14)12(11(16)10(8)15)17-18(19)7-4-2-1-3-5-7/h1-6H. The normalized spacial score (nSPS) is 11.7. The van der Waals surface area contributed by atoms with E-state index in [1.165, 1.54) is 6.07 Å². The van der Waals surface area contributed by atoms with Crippen molar-refractivity contribution in [3.05, 3.63) is 61.7 Å². The van der Waals surface area contributed by atoms with Crippen LogP contribution in [0.4, 0.5) is 11.4 Å². The summed E-state index contributed by atoms with van der Waals surface area (Å²) in [5.74, 6) is 0. The molecule has 0 N–H and O–H groups in total. The summed E-state index contributed by atoms with van der Waals surface area (Å²) in [6.45, 7) is 0. The maximum absolute atomic E-state index is 11.9. The lowest BCUT2D eigenvalue weighted by molar-refractivity contribution is -0.435. The van der Waals surface area contributed by atoms with Gasteiger partial charge < -0.3 is 5.21 Å². The van der Waals surface area contributed by atoms with Gasteiger partial charge in [-0.1, -0.05) is 69.5 Å². The molecule has 2 aromatic rings. The van der Waals surface area contributed by atoms with Gasteiger partial charge in [-0.05, 0) is 6.07 Å². The molecule has 0 spiro atoms. The van der Waals surface area contributed by atoms with Gasteiger partial charge in [-0.25, -0.2) is 0 Å². The summed E-state index contributed by atoms with van der Waals surface area (Å²) in [6, 6.07) is 9.82. The van der Waals surface area contributed by atoms with Gasteiger partial charge in [-0.15, -0.1) is 0 Å². The molecule has 2 rings (SSSR count). The van der Waals surface area contributed by atoms with Crippen LogP contribution < -0.4 is 0 Å². The third-order valence-corrected chi connectivity index (χ3v) is 3.80. The van der Waals surface area contributed by atoms with Crippen LogP contribution in [-0.4, -0.2) is 4.86 Å². The Morgan fingerprint density at radius 3 is 2.16 bits per heavy atom. The molecule has 0 bridgehead atoms. The zero-order valence-electron chi connectivity index (χ0n) is 9.28. The third-order valence-electron chi connectivity index (χ3n) is 2.26. The Morgan fingerprint density at radius 2 is 1.53 bits per heavy atom. The molecule has 0 saturated heterocycles. The molecule has 2 aromatic carbocycles. The van der Waals surface area contributed by atoms with E-state index in [-0.39, 0.29) is 25.8 Å². The minimum Gasteiger partial charge on any atom is -0.594 e. The summed E-state index contributed by atoms with van der Waals surface area (Å²) in [4.78, 5) is 0.414. The molecule has 19 heavy (non-hydrogen) atoms. The molecule has 0 amide bonds. The van der Waals surface area contributed by atoms with E-state index in [2.05, 4.69) is 5.11 Å². The molecule has 0 heterocycles. The number of benzene rings is 2. The van der Waals surface area contributed by atoms with Crippen molar-refractivity contribution < 1.29 is 4.86 Å². The molecule has 98 valence electrons. The molecule has 0 aromatic heterocycles. The number of hydrogen-bond donors (Lipinski definition) is 0. The van der Waals surface area contributed by atoms with E-state index >= 15 is 0 Å². The van der Waals surface area contributed by atoms with Crippen molar-refractivity contribution in [2.75, 3.05) is 0 Å². The average Bonchev–Trinajstić information content (AvgIpc) is 2.42. The topological polar surface area (TPSA) is 38.4 Å². The van der Waals surface area contributed by atoms with Gasteiger partial charge in [0.25, 0.3) is 0 Å². The lowest BCUT2D eigenvalue weighted by Gasteiger charge is -2.05. The highest BCUT2D eigenvalue weighted by Gasteiger charge is 2.16. The molecule has 0 aliphatic rings. The summed E-state index contributed by atoms with van der Waals surface area (Å²) < 4.78 is 0. The van der Waals surface area contributed by atoms with Gasteiger partial charge in [-0.2, -0.15) is 0 Å². The quantitative estimate of drug-likeness (QED) is 0.211. The lowest BCUT2D eigenvalue weighted by Crippen LogP contribution is -1.90. The van der Waals surface area contributed by atoms with Crippen LogP contribution in [-0.2, 0) is 0 Å². The summed E-state index contributed by atoms with van der Waals surface area (Å²) in [5, 5.41) is 16.2. The summed E-state index contributed by atoms with van der Waals surface area (Å²) in [5.41, 5.74) is 0.428. The SMILES string of the molecule is [O-][N+](=Nc1c(Cl)cc(Cl)c(Cl)c1Cl)c1ccccc1. The molecular weight excluding hydrogens is 330 g/mol. The predicted molar refractivity (Wildman–Crippen MR) is 78.3 cm³/mol. The van der Waals surface area contributed by atoms with Crippen molar-refractivity contribution in [1.82, 2.24) is 0 Å². The fourth-order valence-electron chi connectivity index (χ4n) is 1.35. The maximum Gasteiger partial charge on any atom is 0.244 e. The lowest BCUT2D eigenvalue weighted by atomic mass is 10.3. The first-order valence-electron chi connectivity index (χ1n) is 5.07. The van der Waals surface area contributed by atoms with E-state index in [1.54, 1.807) is 30.3 Å². The van der Waals surface area contributed by atoms with E-state index in [1.807, 2.05) is 0 Å². The van der Waals surface area contributed by atoms with Crippen molar-refractivity contribution in [2.45, 2.75) is 0 Å². The van der Waals surface area contributed by atoms with Crippen LogP contribution in [0.15, 0.2) is 41.5 Å². The summed E-state index contributed by atoms with van der Waals surface area (Å²) in [6.07, 6.45) is 0. The number of nitrogens with zero attached hydrogens (tertiary/aromatic N) is 2. The Labute approximate surface area is 129 Å². The number of halogens is 4. The van der Waals surface area contributed by atoms with Gasteiger partial charge in [0.2, 0.25) is 5.69 Å². The Morgan fingerprint density at radius 1 is 0.895 bits per heavy atom. The Bertz CT molecular complexity index is 644. The Balaban J connectivity index is 2.52. The first-order chi connectivity index (χ1) is 9.00. The van der Waals surface area contributed by atoms with Crippen LogP contribution in [0.3, 0.4) is 0 Å². The molecule has 0 aliphatic heterocycles. The first-order valence-corrected chi connectivity index (χ1v) is 6.59. The number of rotatable bonds is 2. The van der Waals surface area contributed by atoms with Crippen molar-refractivity contribution >= 4 is 57.8 Å². The number of hydrogen-bond acceptors (Lipinski definition) is 2. The largest absolute Gasteiger partial charge is 0.594 e. The van der Waals surface area contributed by atoms with E-state index in [0.29, 0.717) is 10.5 Å². The van der Waals surface area contributed by atoms with Gasteiger partial charge in [0, 0.05) is 17.2 Å². The van der Waals surface area contributed by atoms with Crippen molar-refractivity contribution in [2.24, 2.45) is 5.11 Å². The second-order valence-electron chi connectivity index (χ2n) is 3.53. The molecule has 0 fully saturated rings. The molecule has 0 unspecified atom stereocenters. The Hall–Kier alpha value is -1.00. The highest BCUT2D eigenvalue weighted by molar-refractivity contribution is 6.50. The van der Waals surface area contributed by atoms with Crippen LogP contribution in [0.1, 0.15) is 0 Å². The fraction of sp³-hybridized carbons (Fsp3) is 0. The fourth-order valence-corrected chi connectivity index (χ4v) is 2.34. The molecule has 7 heteroatoms. The molecule has 0 saturated carbocycles. The first kappa shape index (κ1) is 14.4. The monoisotopic (exact) mass is 334 g/mol. The van der Waals surface area contributed by atoms with Gasteiger partial charge in [0.05, 0.1) is 20.1 Å². The number of azo groups is 1. The Kier molecular flexibility index (Phi) is 4.53. The predicted octanol–water partition coefficient (Wildman–Crippen LogP) is 6.23. The van der Waals surface area contributed by atoms with Crippen molar-refractivity contribution in [1.29, 1.82) is 0 Å². The van der Waals surface area contributed by atoms with Crippen LogP contribution in [0, 0.1) is 5.21 Å². The zero-order chi connectivity index (χ0) is 14.0. The van der Waals surface area contributed by atoms with E-state index in [4.69, 9.17) is 46.4 Å². The van der Waals surface area contributed by atoms with Crippen LogP contribution in [0.25, 0.3) is 0 Å². The maximum atomic E-state index is 11.9. The van der Waals surface area contributed by atoms with Gasteiger partial charge in [0.15, 0.2) is 5.69 Å². The van der Waals surface area contributed by atoms with Gasteiger partial charge in [-0.3, -0.25) is 0 Å². The smallest absolute Gasteiger partial charge is 0.244 e. The summed E-state index contributed by atoms with van der Waals surface area (Å²) in [7, 11) is 0. The highest BCUT2D eigenvalue weighted by Crippen LogP contribution is 2.42. The third kappa shape index (κ3) is 3.12. The van der Waals surface area contributed by atoms with Crippen LogP contribution in [0.5, 0.6) is 0 Å². The second-order valence-corrected chi connectivity index (χ2v) is 5.10. The van der Waals surface area contributed by atoms with Gasteiger partial charge >= 0.3 is 0 Å². The molecule has 0 radical (unpaired) electrons. The van der Waals surface area contributed by atoms with Crippen LogP contribution >= 0.6 is 46.4 Å². The van der Waals surface area contributed by atoms with Gasteiger partial charge in [0.1, 0.15) is 0 Å². The highest BCUT2D eigenvalue weighted by atomic mass is 35.5. The van der Waals surface area contributed by atoms with E-state index in [9.17, 15) is 5.21 Å². The second kappa shape index (κ2) is 5.97. The van der Waals surface area contributed by atoms with E-state index < -0.39 is 0 Å². The number of para-hydroxylation sites is 1. The van der Waals surface area contributed by atoms with E-state index in [0.717, 1.165) is 0 Å². The molecule has 0 atom stereocenters. The zero-order valence-corrected chi connectivity index (χ0v) is 12.3. The molecule has 3 nitrogen and oxygen atoms in total. The average molecular weight is 336 g/mol. The van der Waals surface area contributed by atoms with Crippen molar-refractivity contribution in [3.63, 3.8) is 0 Å². The molecule has 0 aliphatic carbocycles.